The Bertz CT molecular complexity index is 324. The summed E-state index contributed by atoms with van der Waals surface area (Å²) < 4.78 is 6.51. The maximum absolute atomic E-state index is 5.28. The largest absolute Gasteiger partial charge is 0.373 e. The summed E-state index contributed by atoms with van der Waals surface area (Å²) in [6.07, 6.45) is 27.9. The number of hydrogen-bond acceptors (Lipinski definition) is 1. The van der Waals surface area contributed by atoms with E-state index in [0.717, 1.165) is 6.61 Å². The zero-order valence-corrected chi connectivity index (χ0v) is 20.0. The van der Waals surface area contributed by atoms with E-state index in [9.17, 15) is 0 Å². The molecule has 0 aliphatic carbocycles. The highest BCUT2D eigenvalue weighted by Crippen LogP contribution is 2.18. The van der Waals surface area contributed by atoms with E-state index in [-0.39, 0.29) is 0 Å². The van der Waals surface area contributed by atoms with Crippen molar-refractivity contribution in [2.24, 2.45) is 0 Å². The fourth-order valence-corrected chi connectivity index (χ4v) is 4.35. The summed E-state index contributed by atoms with van der Waals surface area (Å²) in [4.78, 5) is 0. The van der Waals surface area contributed by atoms with Gasteiger partial charge in [-0.25, -0.2) is 0 Å². The number of hydrogen-bond donors (Lipinski definition) is 0. The molecule has 0 radical (unpaired) electrons. The zero-order chi connectivity index (χ0) is 20.3. The van der Waals surface area contributed by atoms with Gasteiger partial charge < -0.3 is 9.22 Å². The highest BCUT2D eigenvalue weighted by atomic mass is 16.6. The van der Waals surface area contributed by atoms with Gasteiger partial charge in [0.15, 0.2) is 0 Å². The van der Waals surface area contributed by atoms with Crippen LogP contribution in [0.3, 0.4) is 0 Å². The molecule has 2 heteroatoms. The van der Waals surface area contributed by atoms with E-state index < -0.39 is 0 Å². The second-order valence-electron chi connectivity index (χ2n) is 10.1. The summed E-state index contributed by atoms with van der Waals surface area (Å²) in [6, 6.07) is 0. The number of ether oxygens (including phenoxy) is 1. The van der Waals surface area contributed by atoms with Crippen molar-refractivity contribution < 1.29 is 9.22 Å². The van der Waals surface area contributed by atoms with E-state index in [4.69, 9.17) is 4.74 Å². The van der Waals surface area contributed by atoms with Crippen LogP contribution in [0.5, 0.6) is 0 Å². The third-order valence-corrected chi connectivity index (χ3v) is 6.56. The lowest BCUT2D eigenvalue weighted by atomic mass is 10.0. The molecule has 0 saturated carbocycles. The van der Waals surface area contributed by atoms with Crippen LogP contribution in [-0.4, -0.2) is 44.4 Å². The van der Waals surface area contributed by atoms with E-state index in [2.05, 4.69) is 21.0 Å². The van der Waals surface area contributed by atoms with Gasteiger partial charge in [0, 0.05) is 0 Å². The van der Waals surface area contributed by atoms with Crippen LogP contribution in [0.1, 0.15) is 129 Å². The average molecular weight is 397 g/mol. The molecular weight excluding hydrogens is 342 g/mol. The number of nitrogens with zero attached hydrogens (tertiary/aromatic N) is 1. The lowest BCUT2D eigenvalue weighted by Crippen LogP contribution is -2.41. The maximum atomic E-state index is 5.28. The molecule has 0 aromatic heterocycles. The van der Waals surface area contributed by atoms with Crippen molar-refractivity contribution in [3.05, 3.63) is 0 Å². The Morgan fingerprint density at radius 1 is 0.571 bits per heavy atom. The molecule has 1 unspecified atom stereocenters. The van der Waals surface area contributed by atoms with Gasteiger partial charge in [-0.1, -0.05) is 96.8 Å². The maximum Gasteiger partial charge on any atom is 0.0810 e. The predicted molar refractivity (Wildman–Crippen MR) is 125 cm³/mol. The lowest BCUT2D eigenvalue weighted by molar-refractivity contribution is -0.890. The van der Waals surface area contributed by atoms with Crippen LogP contribution >= 0.6 is 0 Å². The molecule has 1 aliphatic rings. The van der Waals surface area contributed by atoms with E-state index in [1.165, 1.54) is 140 Å². The molecule has 0 spiro atoms. The summed E-state index contributed by atoms with van der Waals surface area (Å²) >= 11 is 0. The quantitative estimate of drug-likeness (QED) is 0.103. The Morgan fingerprint density at radius 2 is 0.929 bits per heavy atom. The van der Waals surface area contributed by atoms with Crippen molar-refractivity contribution in [1.29, 1.82) is 0 Å². The zero-order valence-electron chi connectivity index (χ0n) is 20.0. The number of epoxide rings is 1. The Kier molecular flexibility index (Phi) is 16.5. The second-order valence-corrected chi connectivity index (χ2v) is 10.1. The Balaban J connectivity index is 1.75. The minimum absolute atomic E-state index is 0.632. The van der Waals surface area contributed by atoms with Crippen LogP contribution in [0.15, 0.2) is 0 Å². The first-order chi connectivity index (χ1) is 13.6. The third kappa shape index (κ3) is 18.0. The molecule has 0 aromatic carbocycles. The first-order valence-corrected chi connectivity index (χ1v) is 13.1. The van der Waals surface area contributed by atoms with Crippen molar-refractivity contribution >= 4 is 0 Å². The molecular formula is C26H54NO+. The first-order valence-electron chi connectivity index (χ1n) is 13.1. The fraction of sp³-hybridized carbons (Fsp3) is 1.00. The summed E-state index contributed by atoms with van der Waals surface area (Å²) in [5.74, 6) is 0. The molecule has 2 nitrogen and oxygen atoms in total. The van der Waals surface area contributed by atoms with Gasteiger partial charge in [-0.15, -0.1) is 0 Å². The van der Waals surface area contributed by atoms with Crippen LogP contribution in [0.4, 0.5) is 0 Å². The predicted octanol–water partition coefficient (Wildman–Crippen LogP) is 7.89. The van der Waals surface area contributed by atoms with Gasteiger partial charge in [0.1, 0.15) is 0 Å². The molecule has 0 bridgehead atoms. The molecule has 1 saturated heterocycles. The van der Waals surface area contributed by atoms with Crippen molar-refractivity contribution in [2.45, 2.75) is 135 Å². The van der Waals surface area contributed by atoms with Crippen LogP contribution in [-0.2, 0) is 4.74 Å². The molecule has 0 aromatic rings. The van der Waals surface area contributed by atoms with Gasteiger partial charge in [-0.05, 0) is 32.1 Å². The molecule has 0 N–H and O–H groups in total. The molecule has 0 amide bonds. The van der Waals surface area contributed by atoms with Gasteiger partial charge in [0.05, 0.1) is 39.9 Å². The van der Waals surface area contributed by atoms with Crippen molar-refractivity contribution in [3.8, 4) is 0 Å². The average Bonchev–Trinajstić information content (AvgIpc) is 3.49. The standard InChI is InChI=1S/C26H54NO/c1-4-5-6-7-8-9-10-11-12-13-14-15-17-20-23-27(2,3)24-21-18-16-19-22-26-25-28-26/h26H,4-25H2,1-3H3/q+1. The fourth-order valence-electron chi connectivity index (χ4n) is 4.35. The van der Waals surface area contributed by atoms with E-state index in [1.807, 2.05) is 0 Å². The summed E-state index contributed by atoms with van der Waals surface area (Å²) in [5, 5.41) is 0. The first kappa shape index (κ1) is 26.0. The molecule has 1 fully saturated rings. The van der Waals surface area contributed by atoms with Gasteiger partial charge in [-0.3, -0.25) is 0 Å². The van der Waals surface area contributed by atoms with Crippen molar-refractivity contribution in [3.63, 3.8) is 0 Å². The molecule has 1 atom stereocenters. The van der Waals surface area contributed by atoms with Gasteiger partial charge in [0.2, 0.25) is 0 Å². The van der Waals surface area contributed by atoms with Crippen LogP contribution in [0.2, 0.25) is 0 Å². The Hall–Kier alpha value is -0.0800. The minimum Gasteiger partial charge on any atom is -0.373 e. The van der Waals surface area contributed by atoms with E-state index >= 15 is 0 Å². The number of quaternary nitrogens is 1. The van der Waals surface area contributed by atoms with Gasteiger partial charge in [0.25, 0.3) is 0 Å². The molecule has 1 heterocycles. The summed E-state index contributed by atoms with van der Waals surface area (Å²) in [6.45, 7) is 6.06. The third-order valence-electron chi connectivity index (χ3n) is 6.56. The number of unbranched alkanes of at least 4 members (excludes halogenated alkanes) is 16. The Morgan fingerprint density at radius 3 is 1.32 bits per heavy atom. The highest BCUT2D eigenvalue weighted by Gasteiger charge is 2.21. The number of rotatable bonds is 22. The smallest absolute Gasteiger partial charge is 0.0810 e. The second kappa shape index (κ2) is 17.8. The van der Waals surface area contributed by atoms with Gasteiger partial charge >= 0.3 is 0 Å². The monoisotopic (exact) mass is 396 g/mol. The van der Waals surface area contributed by atoms with Crippen LogP contribution in [0.25, 0.3) is 0 Å². The molecule has 1 aliphatic heterocycles. The lowest BCUT2D eigenvalue weighted by Gasteiger charge is -2.30. The SMILES string of the molecule is CCCCCCCCCCCCCCCC[N+](C)(C)CCCCCCC1CO1. The van der Waals surface area contributed by atoms with Crippen molar-refractivity contribution in [2.75, 3.05) is 33.8 Å². The summed E-state index contributed by atoms with van der Waals surface area (Å²) in [7, 11) is 4.86. The highest BCUT2D eigenvalue weighted by molar-refractivity contribution is 4.68. The van der Waals surface area contributed by atoms with Crippen LogP contribution in [0, 0.1) is 0 Å². The van der Waals surface area contributed by atoms with Gasteiger partial charge in [-0.2, -0.15) is 0 Å². The van der Waals surface area contributed by atoms with Crippen LogP contribution < -0.4 is 0 Å². The van der Waals surface area contributed by atoms with Crippen molar-refractivity contribution in [1.82, 2.24) is 0 Å². The van der Waals surface area contributed by atoms with E-state index in [0.29, 0.717) is 6.10 Å². The normalized spacial score (nSPS) is 16.6. The Labute approximate surface area is 178 Å². The minimum atomic E-state index is 0.632. The molecule has 28 heavy (non-hydrogen) atoms. The van der Waals surface area contributed by atoms with E-state index in [1.54, 1.807) is 0 Å². The molecule has 168 valence electrons. The topological polar surface area (TPSA) is 12.5 Å². The molecule has 1 rings (SSSR count). The summed E-state index contributed by atoms with van der Waals surface area (Å²) in [5.41, 5.74) is 0.